The molecule has 6 N–H and O–H groups in total. The number of nitrogens with one attached hydrogen (secondary N) is 1. The van der Waals surface area contributed by atoms with Gasteiger partial charge in [-0.05, 0) is 26.0 Å². The van der Waals surface area contributed by atoms with E-state index in [-0.39, 0.29) is 23.6 Å². The lowest BCUT2D eigenvalue weighted by molar-refractivity contribution is -0.130. The van der Waals surface area contributed by atoms with Crippen molar-refractivity contribution in [3.63, 3.8) is 0 Å². The van der Waals surface area contributed by atoms with Crippen molar-refractivity contribution in [3.8, 4) is 5.75 Å². The third-order valence-corrected chi connectivity index (χ3v) is 4.21. The van der Waals surface area contributed by atoms with Crippen LogP contribution in [0.3, 0.4) is 0 Å². The SMILES string of the molecule is C/C(N)=C(\C(=O)NC(C)(CO)C(N)=O)c1cc(OCc2ccccc2F)ccn1. The van der Waals surface area contributed by atoms with Crippen molar-refractivity contribution < 1.29 is 23.8 Å². The molecule has 0 saturated heterocycles. The fourth-order valence-electron chi connectivity index (χ4n) is 2.40. The van der Waals surface area contributed by atoms with Crippen molar-refractivity contribution in [1.29, 1.82) is 0 Å². The molecule has 2 aromatic rings. The third-order valence-electron chi connectivity index (χ3n) is 4.21. The molecule has 0 radical (unpaired) electrons. The van der Waals surface area contributed by atoms with E-state index in [1.807, 2.05) is 0 Å². The number of nitrogens with zero attached hydrogens (tertiary/aromatic N) is 1. The highest BCUT2D eigenvalue weighted by atomic mass is 19.1. The molecule has 0 aliphatic rings. The average molecular weight is 402 g/mol. The van der Waals surface area contributed by atoms with E-state index in [4.69, 9.17) is 16.2 Å². The van der Waals surface area contributed by atoms with Gasteiger partial charge >= 0.3 is 0 Å². The van der Waals surface area contributed by atoms with E-state index >= 15 is 0 Å². The Bertz CT molecular complexity index is 944. The monoisotopic (exact) mass is 402 g/mol. The number of rotatable bonds is 8. The van der Waals surface area contributed by atoms with Crippen LogP contribution >= 0.6 is 0 Å². The molecule has 1 atom stereocenters. The lowest BCUT2D eigenvalue weighted by Crippen LogP contribution is -2.58. The maximum Gasteiger partial charge on any atom is 0.256 e. The molecule has 0 aliphatic carbocycles. The van der Waals surface area contributed by atoms with Gasteiger partial charge in [-0.25, -0.2) is 4.39 Å². The number of amides is 2. The standard InChI is InChI=1S/C20H23FN4O4/c1-12(22)17(18(27)25-20(2,11-26)19(23)28)16-9-14(7-8-24-16)29-10-13-5-3-4-6-15(13)21/h3-9,26H,10-11,22H2,1-2H3,(H2,23,28)(H,25,27)/b17-12+. The maximum atomic E-state index is 13.7. The molecule has 9 heteroatoms. The zero-order chi connectivity index (χ0) is 21.6. The van der Waals surface area contributed by atoms with Gasteiger partial charge in [0.05, 0.1) is 17.9 Å². The van der Waals surface area contributed by atoms with Gasteiger partial charge in [-0.15, -0.1) is 0 Å². The van der Waals surface area contributed by atoms with Gasteiger partial charge in [0.1, 0.15) is 23.7 Å². The molecule has 0 aliphatic heterocycles. The number of ether oxygens (including phenoxy) is 1. The maximum absolute atomic E-state index is 13.7. The van der Waals surface area contributed by atoms with Crippen molar-refractivity contribution >= 4 is 17.4 Å². The highest BCUT2D eigenvalue weighted by Gasteiger charge is 2.34. The van der Waals surface area contributed by atoms with Crippen molar-refractivity contribution in [1.82, 2.24) is 10.3 Å². The van der Waals surface area contributed by atoms with Crippen LogP contribution in [-0.4, -0.2) is 34.1 Å². The third kappa shape index (κ3) is 5.29. The summed E-state index contributed by atoms with van der Waals surface area (Å²) in [7, 11) is 0. The number of hydrogen-bond donors (Lipinski definition) is 4. The van der Waals surface area contributed by atoms with Crippen LogP contribution in [0.25, 0.3) is 5.57 Å². The molecular weight excluding hydrogens is 379 g/mol. The lowest BCUT2D eigenvalue weighted by Gasteiger charge is -2.25. The average Bonchev–Trinajstić information content (AvgIpc) is 2.67. The van der Waals surface area contributed by atoms with Crippen molar-refractivity contribution in [2.45, 2.75) is 26.0 Å². The summed E-state index contributed by atoms with van der Waals surface area (Å²) < 4.78 is 19.3. The van der Waals surface area contributed by atoms with Crippen LogP contribution in [0.15, 0.2) is 48.3 Å². The Morgan fingerprint density at radius 1 is 1.28 bits per heavy atom. The molecule has 1 unspecified atom stereocenters. The number of carbonyl (C=O) groups is 2. The summed E-state index contributed by atoms with van der Waals surface area (Å²) in [5.74, 6) is -1.70. The Hall–Kier alpha value is -3.46. The fraction of sp³-hybridized carbons (Fsp3) is 0.250. The smallest absolute Gasteiger partial charge is 0.256 e. The number of nitrogens with two attached hydrogens (primary N) is 2. The summed E-state index contributed by atoms with van der Waals surface area (Å²) in [6.45, 7) is 2.07. The van der Waals surface area contributed by atoms with Crippen molar-refractivity contribution in [3.05, 3.63) is 65.4 Å². The molecular formula is C20H23FN4O4. The summed E-state index contributed by atoms with van der Waals surface area (Å²) in [5, 5.41) is 11.8. The number of aliphatic hydroxyl groups excluding tert-OH is 1. The van der Waals surface area contributed by atoms with E-state index in [1.54, 1.807) is 24.3 Å². The predicted octanol–water partition coefficient (Wildman–Crippen LogP) is 0.842. The summed E-state index contributed by atoms with van der Waals surface area (Å²) in [6, 6.07) is 9.21. The van der Waals surface area contributed by atoms with Gasteiger partial charge in [-0.2, -0.15) is 0 Å². The fourth-order valence-corrected chi connectivity index (χ4v) is 2.40. The second-order valence-corrected chi connectivity index (χ2v) is 6.62. The topological polar surface area (TPSA) is 141 Å². The molecule has 2 amide bonds. The molecule has 0 spiro atoms. The first kappa shape index (κ1) is 21.8. The van der Waals surface area contributed by atoms with E-state index in [9.17, 15) is 19.1 Å². The van der Waals surface area contributed by atoms with Crippen LogP contribution in [-0.2, 0) is 16.2 Å². The minimum absolute atomic E-state index is 0.0118. The zero-order valence-corrected chi connectivity index (χ0v) is 16.1. The molecule has 1 aromatic heterocycles. The minimum atomic E-state index is -1.67. The number of hydrogen-bond acceptors (Lipinski definition) is 6. The van der Waals surface area contributed by atoms with E-state index in [0.717, 1.165) is 0 Å². The van der Waals surface area contributed by atoms with Crippen LogP contribution < -0.4 is 21.5 Å². The number of benzene rings is 1. The highest BCUT2D eigenvalue weighted by Crippen LogP contribution is 2.22. The number of aliphatic hydroxyl groups is 1. The van der Waals surface area contributed by atoms with Crippen molar-refractivity contribution in [2.75, 3.05) is 6.61 Å². The van der Waals surface area contributed by atoms with Crippen LogP contribution in [0.5, 0.6) is 5.75 Å². The van der Waals surface area contributed by atoms with Gasteiger partial charge in [0, 0.05) is 23.5 Å². The summed E-state index contributed by atoms with van der Waals surface area (Å²) in [4.78, 5) is 28.4. The largest absolute Gasteiger partial charge is 0.489 e. The van der Waals surface area contributed by atoms with E-state index in [1.165, 1.54) is 32.2 Å². The summed E-state index contributed by atoms with van der Waals surface area (Å²) >= 11 is 0. The summed E-state index contributed by atoms with van der Waals surface area (Å²) in [6.07, 6.45) is 1.40. The van der Waals surface area contributed by atoms with Crippen LogP contribution in [0, 0.1) is 5.82 Å². The van der Waals surface area contributed by atoms with Crippen LogP contribution in [0.2, 0.25) is 0 Å². The Morgan fingerprint density at radius 2 is 1.97 bits per heavy atom. The zero-order valence-electron chi connectivity index (χ0n) is 16.1. The predicted molar refractivity (Wildman–Crippen MR) is 105 cm³/mol. The minimum Gasteiger partial charge on any atom is -0.489 e. The number of aromatic nitrogens is 1. The first-order valence-electron chi connectivity index (χ1n) is 8.70. The van der Waals surface area contributed by atoms with Crippen LogP contribution in [0.1, 0.15) is 25.1 Å². The molecule has 1 heterocycles. The van der Waals surface area contributed by atoms with E-state index < -0.39 is 29.8 Å². The van der Waals surface area contributed by atoms with Gasteiger partial charge in [-0.3, -0.25) is 14.6 Å². The number of allylic oxidation sites excluding steroid dienone is 1. The van der Waals surface area contributed by atoms with Gasteiger partial charge in [0.25, 0.3) is 5.91 Å². The molecule has 29 heavy (non-hydrogen) atoms. The van der Waals surface area contributed by atoms with Gasteiger partial charge in [0.2, 0.25) is 5.91 Å². The van der Waals surface area contributed by atoms with Crippen LogP contribution in [0.4, 0.5) is 4.39 Å². The number of pyridine rings is 1. The highest BCUT2D eigenvalue weighted by molar-refractivity contribution is 6.20. The molecule has 0 saturated carbocycles. The number of carbonyl (C=O) groups excluding carboxylic acids is 2. The summed E-state index contributed by atoms with van der Waals surface area (Å²) in [5.41, 5.74) is 10.1. The molecule has 0 fully saturated rings. The normalized spacial score (nSPS) is 13.8. The van der Waals surface area contributed by atoms with Gasteiger partial charge < -0.3 is 26.6 Å². The Morgan fingerprint density at radius 3 is 2.55 bits per heavy atom. The van der Waals surface area contributed by atoms with E-state index in [2.05, 4.69) is 10.3 Å². The lowest BCUT2D eigenvalue weighted by atomic mass is 10.0. The first-order valence-corrected chi connectivity index (χ1v) is 8.70. The molecule has 154 valence electrons. The van der Waals surface area contributed by atoms with Gasteiger partial charge in [-0.1, -0.05) is 18.2 Å². The first-order chi connectivity index (χ1) is 13.7. The molecule has 1 aromatic carbocycles. The molecule has 2 rings (SSSR count). The molecule has 0 bridgehead atoms. The number of halogens is 1. The quantitative estimate of drug-likeness (QED) is 0.482. The Labute approximate surface area is 167 Å². The Kier molecular flexibility index (Phi) is 6.89. The van der Waals surface area contributed by atoms with Gasteiger partial charge in [0.15, 0.2) is 0 Å². The molecule has 8 nitrogen and oxygen atoms in total. The second kappa shape index (κ2) is 9.16. The second-order valence-electron chi connectivity index (χ2n) is 6.62. The number of primary amides is 1. The van der Waals surface area contributed by atoms with E-state index in [0.29, 0.717) is 11.3 Å². The Balaban J connectivity index is 2.25. The van der Waals surface area contributed by atoms with Crippen molar-refractivity contribution in [2.24, 2.45) is 11.5 Å².